The molecule has 0 radical (unpaired) electrons. The number of hydrogen-bond donors (Lipinski definition) is 3. The van der Waals surface area contributed by atoms with Gasteiger partial charge in [-0.15, -0.1) is 11.6 Å². The molecule has 0 aromatic heterocycles. The lowest BCUT2D eigenvalue weighted by atomic mass is 9.78. The van der Waals surface area contributed by atoms with Gasteiger partial charge < -0.3 is 15.7 Å². The highest BCUT2D eigenvalue weighted by Crippen LogP contribution is 2.32. The molecule has 19 heavy (non-hydrogen) atoms. The number of nitrogens with one attached hydrogen (secondary N) is 2. The highest BCUT2D eigenvalue weighted by Gasteiger charge is 2.35. The van der Waals surface area contributed by atoms with E-state index in [4.69, 9.17) is 11.6 Å². The van der Waals surface area contributed by atoms with Crippen molar-refractivity contribution in [3.63, 3.8) is 0 Å². The highest BCUT2D eigenvalue weighted by atomic mass is 35.5. The predicted octanol–water partition coefficient (Wildman–Crippen LogP) is 1.61. The van der Waals surface area contributed by atoms with Crippen LogP contribution in [-0.4, -0.2) is 29.5 Å². The minimum absolute atomic E-state index is 0.0540. The molecule has 1 heterocycles. The SMILES string of the molecule is CC1(C)C(=O)NCc2cc(NCC(O)CCl)ccc21. The third kappa shape index (κ3) is 2.85. The van der Waals surface area contributed by atoms with Crippen molar-refractivity contribution in [1.82, 2.24) is 5.32 Å². The smallest absolute Gasteiger partial charge is 0.230 e. The molecule has 1 aliphatic heterocycles. The second kappa shape index (κ2) is 5.39. The van der Waals surface area contributed by atoms with Gasteiger partial charge in [-0.3, -0.25) is 4.79 Å². The van der Waals surface area contributed by atoms with Crippen LogP contribution in [-0.2, 0) is 16.8 Å². The molecule has 104 valence electrons. The summed E-state index contributed by atoms with van der Waals surface area (Å²) in [5.41, 5.74) is 2.59. The number of hydrogen-bond acceptors (Lipinski definition) is 3. The van der Waals surface area contributed by atoms with E-state index in [1.165, 1.54) is 0 Å². The van der Waals surface area contributed by atoms with E-state index in [1.54, 1.807) is 0 Å². The number of halogens is 1. The van der Waals surface area contributed by atoms with E-state index in [2.05, 4.69) is 10.6 Å². The van der Waals surface area contributed by atoms with Crippen molar-refractivity contribution in [3.8, 4) is 0 Å². The maximum atomic E-state index is 11.8. The van der Waals surface area contributed by atoms with Crippen molar-refractivity contribution < 1.29 is 9.90 Å². The number of amides is 1. The molecule has 1 aliphatic rings. The van der Waals surface area contributed by atoms with Crippen LogP contribution in [0.5, 0.6) is 0 Å². The van der Waals surface area contributed by atoms with Gasteiger partial charge in [-0.05, 0) is 37.1 Å². The number of aliphatic hydroxyl groups is 1. The molecule has 0 fully saturated rings. The van der Waals surface area contributed by atoms with E-state index in [9.17, 15) is 9.90 Å². The molecule has 0 spiro atoms. The van der Waals surface area contributed by atoms with Gasteiger partial charge in [-0.1, -0.05) is 6.07 Å². The van der Waals surface area contributed by atoms with Crippen LogP contribution in [0.15, 0.2) is 18.2 Å². The van der Waals surface area contributed by atoms with Crippen LogP contribution in [0.3, 0.4) is 0 Å². The Morgan fingerprint density at radius 3 is 2.95 bits per heavy atom. The number of rotatable bonds is 4. The number of carbonyl (C=O) groups is 1. The van der Waals surface area contributed by atoms with Gasteiger partial charge in [-0.2, -0.15) is 0 Å². The number of alkyl halides is 1. The molecule has 0 saturated heterocycles. The molecule has 1 aromatic carbocycles. The monoisotopic (exact) mass is 282 g/mol. The molecule has 2 rings (SSSR count). The van der Waals surface area contributed by atoms with Crippen LogP contribution in [0, 0.1) is 0 Å². The lowest BCUT2D eigenvalue weighted by Crippen LogP contribution is -2.44. The second-order valence-electron chi connectivity index (χ2n) is 5.37. The van der Waals surface area contributed by atoms with Gasteiger partial charge in [0.05, 0.1) is 17.4 Å². The van der Waals surface area contributed by atoms with E-state index in [1.807, 2.05) is 32.0 Å². The molecule has 5 heteroatoms. The van der Waals surface area contributed by atoms with Gasteiger partial charge in [-0.25, -0.2) is 0 Å². The first-order valence-corrected chi connectivity index (χ1v) is 6.88. The summed E-state index contributed by atoms with van der Waals surface area (Å²) < 4.78 is 0. The molecular formula is C14H19ClN2O2. The van der Waals surface area contributed by atoms with Gasteiger partial charge in [0, 0.05) is 18.8 Å². The first kappa shape index (κ1) is 14.2. The van der Waals surface area contributed by atoms with Crippen molar-refractivity contribution in [3.05, 3.63) is 29.3 Å². The zero-order valence-corrected chi connectivity index (χ0v) is 11.9. The molecule has 1 atom stereocenters. The van der Waals surface area contributed by atoms with Gasteiger partial charge in [0.25, 0.3) is 0 Å². The maximum Gasteiger partial charge on any atom is 0.230 e. The van der Waals surface area contributed by atoms with E-state index in [0.717, 1.165) is 16.8 Å². The summed E-state index contributed by atoms with van der Waals surface area (Å²) in [4.78, 5) is 11.8. The minimum atomic E-state index is -0.561. The largest absolute Gasteiger partial charge is 0.390 e. The van der Waals surface area contributed by atoms with Crippen LogP contribution in [0.25, 0.3) is 0 Å². The van der Waals surface area contributed by atoms with Crippen molar-refractivity contribution >= 4 is 23.2 Å². The molecule has 0 bridgehead atoms. The Hall–Kier alpha value is -1.26. The fourth-order valence-corrected chi connectivity index (χ4v) is 2.38. The summed E-state index contributed by atoms with van der Waals surface area (Å²) in [6, 6.07) is 5.92. The molecule has 4 nitrogen and oxygen atoms in total. The van der Waals surface area contributed by atoms with Crippen LogP contribution >= 0.6 is 11.6 Å². The van der Waals surface area contributed by atoms with Crippen molar-refractivity contribution in [1.29, 1.82) is 0 Å². The first-order chi connectivity index (χ1) is 8.95. The zero-order chi connectivity index (χ0) is 14.0. The third-order valence-corrected chi connectivity index (χ3v) is 3.86. The molecule has 0 saturated carbocycles. The summed E-state index contributed by atoms with van der Waals surface area (Å²) in [6.07, 6.45) is -0.561. The predicted molar refractivity (Wildman–Crippen MR) is 76.5 cm³/mol. The lowest BCUT2D eigenvalue weighted by Gasteiger charge is -2.32. The Morgan fingerprint density at radius 1 is 1.53 bits per heavy atom. The summed E-state index contributed by atoms with van der Waals surface area (Å²) in [7, 11) is 0. The molecule has 1 unspecified atom stereocenters. The third-order valence-electron chi connectivity index (χ3n) is 3.51. The molecule has 1 amide bonds. The van der Waals surface area contributed by atoms with Crippen molar-refractivity contribution in [2.24, 2.45) is 0 Å². The minimum Gasteiger partial charge on any atom is -0.390 e. The van der Waals surface area contributed by atoms with Crippen molar-refractivity contribution in [2.45, 2.75) is 31.9 Å². The molecule has 0 aliphatic carbocycles. The quantitative estimate of drug-likeness (QED) is 0.735. The summed E-state index contributed by atoms with van der Waals surface area (Å²) >= 11 is 5.55. The fraction of sp³-hybridized carbons (Fsp3) is 0.500. The second-order valence-corrected chi connectivity index (χ2v) is 5.68. The van der Waals surface area contributed by atoms with E-state index in [0.29, 0.717) is 13.1 Å². The number of carbonyl (C=O) groups excluding carboxylic acids is 1. The highest BCUT2D eigenvalue weighted by molar-refractivity contribution is 6.18. The number of benzene rings is 1. The van der Waals surface area contributed by atoms with E-state index in [-0.39, 0.29) is 11.8 Å². The van der Waals surface area contributed by atoms with Gasteiger partial charge in [0.2, 0.25) is 5.91 Å². The summed E-state index contributed by atoms with van der Waals surface area (Å²) in [6.45, 7) is 4.80. The molecule has 1 aromatic rings. The van der Waals surface area contributed by atoms with Crippen LogP contribution in [0.2, 0.25) is 0 Å². The number of fused-ring (bicyclic) bond motifs is 1. The average molecular weight is 283 g/mol. The lowest BCUT2D eigenvalue weighted by molar-refractivity contribution is -0.126. The standard InChI is InChI=1S/C14H19ClN2O2/c1-14(2)12-4-3-10(16-8-11(18)6-15)5-9(12)7-17-13(14)19/h3-5,11,16,18H,6-8H2,1-2H3,(H,17,19). The van der Waals surface area contributed by atoms with Gasteiger partial charge >= 0.3 is 0 Å². The topological polar surface area (TPSA) is 61.4 Å². The Balaban J connectivity index is 2.18. The normalized spacial score (nSPS) is 18.4. The van der Waals surface area contributed by atoms with Gasteiger partial charge in [0.15, 0.2) is 0 Å². The Labute approximate surface area is 118 Å². The van der Waals surface area contributed by atoms with E-state index < -0.39 is 11.5 Å². The van der Waals surface area contributed by atoms with Gasteiger partial charge in [0.1, 0.15) is 0 Å². The molecular weight excluding hydrogens is 264 g/mol. The maximum absolute atomic E-state index is 11.8. The number of anilines is 1. The summed E-state index contributed by atoms with van der Waals surface area (Å²) in [5, 5.41) is 15.5. The number of aliphatic hydroxyl groups excluding tert-OH is 1. The van der Waals surface area contributed by atoms with E-state index >= 15 is 0 Å². The Kier molecular flexibility index (Phi) is 4.02. The Bertz CT molecular complexity index is 488. The molecule has 3 N–H and O–H groups in total. The summed E-state index contributed by atoms with van der Waals surface area (Å²) in [5.74, 6) is 0.263. The van der Waals surface area contributed by atoms with Crippen LogP contribution in [0.1, 0.15) is 25.0 Å². The van der Waals surface area contributed by atoms with Crippen molar-refractivity contribution in [2.75, 3.05) is 17.7 Å². The first-order valence-electron chi connectivity index (χ1n) is 6.34. The Morgan fingerprint density at radius 2 is 2.26 bits per heavy atom. The zero-order valence-electron chi connectivity index (χ0n) is 11.2. The average Bonchev–Trinajstić information content (AvgIpc) is 2.40. The van der Waals surface area contributed by atoms with Crippen LogP contribution in [0.4, 0.5) is 5.69 Å². The van der Waals surface area contributed by atoms with Crippen LogP contribution < -0.4 is 10.6 Å². The fourth-order valence-electron chi connectivity index (χ4n) is 2.27.